The van der Waals surface area contributed by atoms with Crippen LogP contribution in [0.4, 0.5) is 5.69 Å². The summed E-state index contributed by atoms with van der Waals surface area (Å²) in [5.41, 5.74) is 2.51. The molecule has 0 radical (unpaired) electrons. The van der Waals surface area contributed by atoms with Crippen molar-refractivity contribution in [1.82, 2.24) is 5.32 Å². The number of carbonyl (C=O) groups is 1. The molecule has 4 nitrogen and oxygen atoms in total. The Kier molecular flexibility index (Phi) is 4.98. The Balaban J connectivity index is 1.99. The Morgan fingerprint density at radius 3 is 2.84 bits per heavy atom. The lowest BCUT2D eigenvalue weighted by molar-refractivity contribution is -0.116. The number of amides is 1. The normalized spacial score (nSPS) is 15.1. The van der Waals surface area contributed by atoms with Crippen LogP contribution in [0, 0.1) is 0 Å². The van der Waals surface area contributed by atoms with Crippen LogP contribution in [-0.2, 0) is 16.0 Å². The van der Waals surface area contributed by atoms with Crippen LogP contribution < -0.4 is 10.2 Å². The molecule has 1 heterocycles. The van der Waals surface area contributed by atoms with Gasteiger partial charge in [-0.2, -0.15) is 0 Å². The number of morpholine rings is 1. The van der Waals surface area contributed by atoms with E-state index >= 15 is 0 Å². The first-order valence-corrected chi connectivity index (χ1v) is 6.62. The highest BCUT2D eigenvalue weighted by molar-refractivity contribution is 5.86. The van der Waals surface area contributed by atoms with E-state index in [0.29, 0.717) is 6.54 Å². The standard InChI is InChI=1S/C15H20N2O2/c1-2-15(18)16-8-7-13-5-3-4-6-14(13)17-9-11-19-12-10-17/h2-6H,1,7-12H2,(H,16,18). The number of carbonyl (C=O) groups excluding carboxylic acids is 1. The zero-order valence-electron chi connectivity index (χ0n) is 11.1. The summed E-state index contributed by atoms with van der Waals surface area (Å²) in [5.74, 6) is -0.121. The number of nitrogens with zero attached hydrogens (tertiary/aromatic N) is 1. The van der Waals surface area contributed by atoms with Crippen molar-refractivity contribution in [3.63, 3.8) is 0 Å². The van der Waals surface area contributed by atoms with Gasteiger partial charge in [-0.05, 0) is 24.1 Å². The zero-order valence-corrected chi connectivity index (χ0v) is 11.1. The van der Waals surface area contributed by atoms with Crippen LogP contribution in [-0.4, -0.2) is 38.8 Å². The molecule has 1 fully saturated rings. The summed E-state index contributed by atoms with van der Waals surface area (Å²) in [5, 5.41) is 2.81. The maximum atomic E-state index is 11.1. The third kappa shape index (κ3) is 3.83. The molecule has 0 bridgehead atoms. The summed E-state index contributed by atoms with van der Waals surface area (Å²) in [6.45, 7) is 7.49. The molecule has 1 saturated heterocycles. The summed E-state index contributed by atoms with van der Waals surface area (Å²) in [6.07, 6.45) is 2.13. The quantitative estimate of drug-likeness (QED) is 0.813. The lowest BCUT2D eigenvalue weighted by Crippen LogP contribution is -2.37. The molecular weight excluding hydrogens is 240 g/mol. The van der Waals surface area contributed by atoms with Gasteiger partial charge in [0.05, 0.1) is 13.2 Å². The van der Waals surface area contributed by atoms with Gasteiger partial charge in [-0.3, -0.25) is 4.79 Å². The minimum atomic E-state index is -0.121. The number of rotatable bonds is 5. The summed E-state index contributed by atoms with van der Waals surface area (Å²) in [7, 11) is 0. The predicted molar refractivity (Wildman–Crippen MR) is 76.4 cm³/mol. The van der Waals surface area contributed by atoms with Gasteiger partial charge < -0.3 is 15.0 Å². The molecule has 4 heteroatoms. The van der Waals surface area contributed by atoms with Crippen molar-refractivity contribution >= 4 is 11.6 Å². The molecule has 0 aliphatic carbocycles. The van der Waals surface area contributed by atoms with E-state index in [4.69, 9.17) is 4.74 Å². The number of anilines is 1. The third-order valence-electron chi connectivity index (χ3n) is 3.22. The summed E-state index contributed by atoms with van der Waals surface area (Å²) in [4.78, 5) is 13.5. The fourth-order valence-electron chi connectivity index (χ4n) is 2.23. The molecule has 19 heavy (non-hydrogen) atoms. The van der Waals surface area contributed by atoms with Crippen LogP contribution in [0.1, 0.15) is 5.56 Å². The fourth-order valence-corrected chi connectivity index (χ4v) is 2.23. The molecular formula is C15H20N2O2. The van der Waals surface area contributed by atoms with E-state index in [9.17, 15) is 4.79 Å². The minimum absolute atomic E-state index is 0.121. The van der Waals surface area contributed by atoms with Crippen LogP contribution in [0.3, 0.4) is 0 Å². The number of nitrogens with one attached hydrogen (secondary N) is 1. The van der Waals surface area contributed by atoms with Crippen molar-refractivity contribution < 1.29 is 9.53 Å². The molecule has 1 aromatic carbocycles. The summed E-state index contributed by atoms with van der Waals surface area (Å²) < 4.78 is 5.38. The Labute approximate surface area is 114 Å². The van der Waals surface area contributed by atoms with Crippen molar-refractivity contribution in [2.45, 2.75) is 6.42 Å². The van der Waals surface area contributed by atoms with E-state index in [1.807, 2.05) is 6.07 Å². The van der Waals surface area contributed by atoms with Crippen LogP contribution >= 0.6 is 0 Å². The molecule has 102 valence electrons. The van der Waals surface area contributed by atoms with E-state index in [0.717, 1.165) is 32.7 Å². The van der Waals surface area contributed by atoms with Crippen molar-refractivity contribution in [2.75, 3.05) is 37.7 Å². The Morgan fingerprint density at radius 2 is 2.11 bits per heavy atom. The largest absolute Gasteiger partial charge is 0.378 e. The van der Waals surface area contributed by atoms with Crippen LogP contribution in [0.5, 0.6) is 0 Å². The first kappa shape index (κ1) is 13.6. The van der Waals surface area contributed by atoms with E-state index in [1.165, 1.54) is 17.3 Å². The highest BCUT2D eigenvalue weighted by Gasteiger charge is 2.13. The predicted octanol–water partition coefficient (Wildman–Crippen LogP) is 1.37. The molecule has 1 aliphatic heterocycles. The number of hydrogen-bond acceptors (Lipinski definition) is 3. The molecule has 0 saturated carbocycles. The van der Waals surface area contributed by atoms with E-state index < -0.39 is 0 Å². The van der Waals surface area contributed by atoms with Gasteiger partial charge in [0.25, 0.3) is 0 Å². The molecule has 0 unspecified atom stereocenters. The monoisotopic (exact) mass is 260 g/mol. The maximum Gasteiger partial charge on any atom is 0.243 e. The van der Waals surface area contributed by atoms with Gasteiger partial charge in [0, 0.05) is 25.3 Å². The molecule has 0 atom stereocenters. The smallest absolute Gasteiger partial charge is 0.243 e. The van der Waals surface area contributed by atoms with Gasteiger partial charge in [0.2, 0.25) is 5.91 Å². The molecule has 1 aromatic rings. The molecule has 0 aromatic heterocycles. The second-order valence-electron chi connectivity index (χ2n) is 4.47. The summed E-state index contributed by atoms with van der Waals surface area (Å²) in [6, 6.07) is 8.34. The minimum Gasteiger partial charge on any atom is -0.378 e. The molecule has 2 rings (SSSR count). The van der Waals surface area contributed by atoms with Crippen LogP contribution in [0.2, 0.25) is 0 Å². The Hall–Kier alpha value is -1.81. The van der Waals surface area contributed by atoms with Crippen molar-refractivity contribution in [1.29, 1.82) is 0 Å². The average molecular weight is 260 g/mol. The van der Waals surface area contributed by atoms with Crippen molar-refractivity contribution in [3.05, 3.63) is 42.5 Å². The first-order chi connectivity index (χ1) is 9.31. The Bertz CT molecular complexity index is 440. The zero-order chi connectivity index (χ0) is 13.5. The average Bonchev–Trinajstić information content (AvgIpc) is 2.48. The van der Waals surface area contributed by atoms with Gasteiger partial charge in [-0.1, -0.05) is 24.8 Å². The second kappa shape index (κ2) is 6.95. The third-order valence-corrected chi connectivity index (χ3v) is 3.22. The fraction of sp³-hybridized carbons (Fsp3) is 0.400. The van der Waals surface area contributed by atoms with Gasteiger partial charge >= 0.3 is 0 Å². The first-order valence-electron chi connectivity index (χ1n) is 6.62. The number of ether oxygens (including phenoxy) is 1. The topological polar surface area (TPSA) is 41.6 Å². The lowest BCUT2D eigenvalue weighted by Gasteiger charge is -2.30. The number of hydrogen-bond donors (Lipinski definition) is 1. The van der Waals surface area contributed by atoms with Gasteiger partial charge in [0.1, 0.15) is 0 Å². The van der Waals surface area contributed by atoms with Crippen molar-refractivity contribution in [2.24, 2.45) is 0 Å². The van der Waals surface area contributed by atoms with Gasteiger partial charge in [0.15, 0.2) is 0 Å². The van der Waals surface area contributed by atoms with Crippen LogP contribution in [0.15, 0.2) is 36.9 Å². The van der Waals surface area contributed by atoms with Crippen LogP contribution in [0.25, 0.3) is 0 Å². The molecule has 1 N–H and O–H groups in total. The second-order valence-corrected chi connectivity index (χ2v) is 4.47. The maximum absolute atomic E-state index is 11.1. The van der Waals surface area contributed by atoms with E-state index in [-0.39, 0.29) is 5.91 Å². The number of para-hydroxylation sites is 1. The SMILES string of the molecule is C=CC(=O)NCCc1ccccc1N1CCOCC1. The Morgan fingerprint density at radius 1 is 1.37 bits per heavy atom. The highest BCUT2D eigenvalue weighted by atomic mass is 16.5. The number of benzene rings is 1. The highest BCUT2D eigenvalue weighted by Crippen LogP contribution is 2.21. The van der Waals surface area contributed by atoms with E-state index in [1.54, 1.807) is 0 Å². The lowest BCUT2D eigenvalue weighted by atomic mass is 10.1. The molecule has 1 aliphatic rings. The summed E-state index contributed by atoms with van der Waals surface area (Å²) >= 11 is 0. The molecule has 1 amide bonds. The molecule has 0 spiro atoms. The van der Waals surface area contributed by atoms with E-state index in [2.05, 4.69) is 35.0 Å². The van der Waals surface area contributed by atoms with Gasteiger partial charge in [-0.25, -0.2) is 0 Å². The van der Waals surface area contributed by atoms with Gasteiger partial charge in [-0.15, -0.1) is 0 Å². The van der Waals surface area contributed by atoms with Crippen molar-refractivity contribution in [3.8, 4) is 0 Å².